The molecule has 0 radical (unpaired) electrons. The van der Waals surface area contributed by atoms with Crippen LogP contribution in [0, 0.1) is 11.8 Å². The van der Waals surface area contributed by atoms with Crippen LogP contribution in [-0.2, 0) is 4.74 Å². The van der Waals surface area contributed by atoms with Crippen molar-refractivity contribution in [3.8, 4) is 0 Å². The number of hydrogen-bond donors (Lipinski definition) is 1. The summed E-state index contributed by atoms with van der Waals surface area (Å²) in [6.07, 6.45) is 7.10. The highest BCUT2D eigenvalue weighted by Gasteiger charge is 2.30. The molecule has 1 saturated carbocycles. The Morgan fingerprint density at radius 1 is 1.25 bits per heavy atom. The van der Waals surface area contributed by atoms with Crippen molar-refractivity contribution in [2.24, 2.45) is 11.8 Å². The quantitative estimate of drug-likeness (QED) is 0.690. The minimum atomic E-state index is -0.0775. The van der Waals surface area contributed by atoms with Crippen LogP contribution in [0.1, 0.15) is 59.3 Å². The Kier molecular flexibility index (Phi) is 6.37. The van der Waals surface area contributed by atoms with Crippen molar-refractivity contribution >= 4 is 0 Å². The smallest absolute Gasteiger partial charge is 0.0580 e. The molecular formula is C14H28O2. The summed E-state index contributed by atoms with van der Waals surface area (Å²) in [5.74, 6) is 1.48. The molecule has 1 N–H and O–H groups in total. The number of aliphatic hydroxyl groups excluding tert-OH is 1. The van der Waals surface area contributed by atoms with Gasteiger partial charge in [0.2, 0.25) is 0 Å². The monoisotopic (exact) mass is 228 g/mol. The zero-order chi connectivity index (χ0) is 12.0. The first-order valence-electron chi connectivity index (χ1n) is 6.91. The van der Waals surface area contributed by atoms with E-state index in [1.807, 2.05) is 6.92 Å². The van der Waals surface area contributed by atoms with E-state index in [4.69, 9.17) is 4.74 Å². The third-order valence-electron chi connectivity index (χ3n) is 3.52. The summed E-state index contributed by atoms with van der Waals surface area (Å²) < 4.78 is 5.52. The van der Waals surface area contributed by atoms with Crippen molar-refractivity contribution in [1.29, 1.82) is 0 Å². The lowest BCUT2D eigenvalue weighted by molar-refractivity contribution is -0.0385. The molecule has 0 heterocycles. The molecule has 0 spiro atoms. The largest absolute Gasteiger partial charge is 0.393 e. The molecule has 2 nitrogen and oxygen atoms in total. The maximum absolute atomic E-state index is 9.87. The van der Waals surface area contributed by atoms with Gasteiger partial charge in [-0.3, -0.25) is 0 Å². The summed E-state index contributed by atoms with van der Waals surface area (Å²) in [5.41, 5.74) is 0. The molecule has 1 unspecified atom stereocenters. The molecule has 1 atom stereocenters. The van der Waals surface area contributed by atoms with Gasteiger partial charge in [0.05, 0.1) is 12.2 Å². The number of rotatable bonds is 8. The summed E-state index contributed by atoms with van der Waals surface area (Å²) in [6, 6.07) is 0. The van der Waals surface area contributed by atoms with E-state index >= 15 is 0 Å². The van der Waals surface area contributed by atoms with Gasteiger partial charge in [0, 0.05) is 6.61 Å². The Bertz CT molecular complexity index is 174. The molecule has 1 aliphatic rings. The fraction of sp³-hybridized carbons (Fsp3) is 1.00. The molecule has 0 aromatic rings. The minimum absolute atomic E-state index is 0.0775. The van der Waals surface area contributed by atoms with Gasteiger partial charge < -0.3 is 9.84 Å². The molecule has 0 saturated heterocycles. The first kappa shape index (κ1) is 14.0. The van der Waals surface area contributed by atoms with E-state index < -0.39 is 0 Å². The predicted molar refractivity (Wildman–Crippen MR) is 67.5 cm³/mol. The van der Waals surface area contributed by atoms with Crippen LogP contribution in [-0.4, -0.2) is 23.9 Å². The Morgan fingerprint density at radius 3 is 2.50 bits per heavy atom. The van der Waals surface area contributed by atoms with E-state index in [0.717, 1.165) is 38.2 Å². The molecule has 0 aromatic heterocycles. The van der Waals surface area contributed by atoms with Gasteiger partial charge in [-0.2, -0.15) is 0 Å². The highest BCUT2D eigenvalue weighted by Crippen LogP contribution is 2.34. The van der Waals surface area contributed by atoms with Crippen LogP contribution in [0.5, 0.6) is 0 Å². The summed E-state index contributed by atoms with van der Waals surface area (Å²) >= 11 is 0. The van der Waals surface area contributed by atoms with Gasteiger partial charge in [-0.15, -0.1) is 0 Å². The molecule has 16 heavy (non-hydrogen) atoms. The van der Waals surface area contributed by atoms with Gasteiger partial charge in [0.25, 0.3) is 0 Å². The summed E-state index contributed by atoms with van der Waals surface area (Å²) in [6.45, 7) is 7.36. The summed E-state index contributed by atoms with van der Waals surface area (Å²) in [4.78, 5) is 0. The van der Waals surface area contributed by atoms with Crippen LogP contribution in [0.25, 0.3) is 0 Å². The molecule has 96 valence electrons. The third-order valence-corrected chi connectivity index (χ3v) is 3.52. The lowest BCUT2D eigenvalue weighted by atomic mass is 9.78. The highest BCUT2D eigenvalue weighted by molar-refractivity contribution is 4.82. The average molecular weight is 228 g/mol. The second kappa shape index (κ2) is 7.29. The fourth-order valence-electron chi connectivity index (χ4n) is 2.50. The van der Waals surface area contributed by atoms with Crippen LogP contribution in [0.4, 0.5) is 0 Å². The van der Waals surface area contributed by atoms with Gasteiger partial charge >= 0.3 is 0 Å². The number of aliphatic hydroxyl groups is 1. The third kappa shape index (κ3) is 5.31. The maximum Gasteiger partial charge on any atom is 0.0580 e. The van der Waals surface area contributed by atoms with Crippen molar-refractivity contribution in [3.63, 3.8) is 0 Å². The Morgan fingerprint density at radius 2 is 1.94 bits per heavy atom. The van der Waals surface area contributed by atoms with E-state index in [1.54, 1.807) is 0 Å². The van der Waals surface area contributed by atoms with Crippen molar-refractivity contribution < 1.29 is 9.84 Å². The van der Waals surface area contributed by atoms with E-state index in [0.29, 0.717) is 12.0 Å². The summed E-state index contributed by atoms with van der Waals surface area (Å²) in [5, 5.41) is 9.87. The first-order chi connectivity index (χ1) is 7.61. The van der Waals surface area contributed by atoms with Crippen molar-refractivity contribution in [3.05, 3.63) is 0 Å². The molecule has 1 fully saturated rings. The van der Waals surface area contributed by atoms with Crippen molar-refractivity contribution in [2.75, 3.05) is 6.61 Å². The SMILES string of the molecule is CCOC1CC(CC(O)CCCC(C)C)C1. The molecule has 2 heteroatoms. The van der Waals surface area contributed by atoms with Gasteiger partial charge in [-0.05, 0) is 44.4 Å². The average Bonchev–Trinajstić information content (AvgIpc) is 2.14. The molecule has 0 aromatic carbocycles. The van der Waals surface area contributed by atoms with Crippen molar-refractivity contribution in [1.82, 2.24) is 0 Å². The molecule has 1 rings (SSSR count). The van der Waals surface area contributed by atoms with E-state index in [1.165, 1.54) is 12.8 Å². The Labute approximate surface area is 100 Å². The zero-order valence-electron chi connectivity index (χ0n) is 11.1. The van der Waals surface area contributed by atoms with E-state index in [9.17, 15) is 5.11 Å². The molecular weight excluding hydrogens is 200 g/mol. The van der Waals surface area contributed by atoms with Crippen LogP contribution < -0.4 is 0 Å². The lowest BCUT2D eigenvalue weighted by Crippen LogP contribution is -2.33. The number of ether oxygens (including phenoxy) is 1. The van der Waals surface area contributed by atoms with Gasteiger partial charge in [-0.1, -0.05) is 26.7 Å². The number of hydrogen-bond acceptors (Lipinski definition) is 2. The fourth-order valence-corrected chi connectivity index (χ4v) is 2.50. The van der Waals surface area contributed by atoms with E-state index in [2.05, 4.69) is 13.8 Å². The lowest BCUT2D eigenvalue weighted by Gasteiger charge is -2.36. The van der Waals surface area contributed by atoms with Gasteiger partial charge in [0.15, 0.2) is 0 Å². The molecule has 0 aliphatic heterocycles. The van der Waals surface area contributed by atoms with Crippen molar-refractivity contribution in [2.45, 2.75) is 71.5 Å². The minimum Gasteiger partial charge on any atom is -0.393 e. The second-order valence-electron chi connectivity index (χ2n) is 5.63. The normalized spacial score (nSPS) is 26.8. The van der Waals surface area contributed by atoms with Crippen LogP contribution in [0.2, 0.25) is 0 Å². The van der Waals surface area contributed by atoms with Crippen LogP contribution in [0.3, 0.4) is 0 Å². The molecule has 0 bridgehead atoms. The predicted octanol–water partition coefficient (Wildman–Crippen LogP) is 3.38. The van der Waals surface area contributed by atoms with Gasteiger partial charge in [0.1, 0.15) is 0 Å². The standard InChI is InChI=1S/C14H28O2/c1-4-16-14-9-12(10-14)8-13(15)7-5-6-11(2)3/h11-15H,4-10H2,1-3H3. The van der Waals surface area contributed by atoms with E-state index in [-0.39, 0.29) is 6.10 Å². The summed E-state index contributed by atoms with van der Waals surface area (Å²) in [7, 11) is 0. The second-order valence-corrected chi connectivity index (χ2v) is 5.63. The van der Waals surface area contributed by atoms with Crippen LogP contribution >= 0.6 is 0 Å². The molecule has 1 aliphatic carbocycles. The highest BCUT2D eigenvalue weighted by atomic mass is 16.5. The topological polar surface area (TPSA) is 29.5 Å². The zero-order valence-corrected chi connectivity index (χ0v) is 11.1. The Hall–Kier alpha value is -0.0800. The Balaban J connectivity index is 1.97. The maximum atomic E-state index is 9.87. The molecule has 0 amide bonds. The first-order valence-corrected chi connectivity index (χ1v) is 6.91. The van der Waals surface area contributed by atoms with Crippen LogP contribution in [0.15, 0.2) is 0 Å². The van der Waals surface area contributed by atoms with Gasteiger partial charge in [-0.25, -0.2) is 0 Å².